The minimum absolute atomic E-state index is 0.0467. The van der Waals surface area contributed by atoms with Crippen LogP contribution in [0.25, 0.3) is 0 Å². The van der Waals surface area contributed by atoms with Gasteiger partial charge in [-0.05, 0) is 25.0 Å². The van der Waals surface area contributed by atoms with E-state index in [9.17, 15) is 9.59 Å². The van der Waals surface area contributed by atoms with Crippen LogP contribution in [0.5, 0.6) is 0 Å². The molecule has 0 aliphatic carbocycles. The summed E-state index contributed by atoms with van der Waals surface area (Å²) in [5, 5.41) is 5.56. The molecule has 20 heavy (non-hydrogen) atoms. The highest BCUT2D eigenvalue weighted by Crippen LogP contribution is 2.24. The lowest BCUT2D eigenvalue weighted by Gasteiger charge is -2.07. The molecule has 1 fully saturated rings. The Kier molecular flexibility index (Phi) is 3.52. The van der Waals surface area contributed by atoms with Crippen molar-refractivity contribution in [3.63, 3.8) is 0 Å². The molecule has 0 saturated carbocycles. The molecule has 104 valence electrons. The zero-order valence-corrected chi connectivity index (χ0v) is 11.0. The van der Waals surface area contributed by atoms with Crippen molar-refractivity contribution in [2.75, 3.05) is 11.9 Å². The van der Waals surface area contributed by atoms with E-state index in [2.05, 4.69) is 10.6 Å². The van der Waals surface area contributed by atoms with E-state index in [1.807, 2.05) is 0 Å². The van der Waals surface area contributed by atoms with Gasteiger partial charge in [-0.3, -0.25) is 9.59 Å². The molecule has 2 N–H and O–H groups in total. The van der Waals surface area contributed by atoms with Crippen molar-refractivity contribution in [1.29, 1.82) is 0 Å². The average molecular weight is 272 g/mol. The third-order valence-corrected chi connectivity index (χ3v) is 3.53. The van der Waals surface area contributed by atoms with Crippen LogP contribution in [-0.4, -0.2) is 24.5 Å². The number of ether oxygens (including phenoxy) is 1. The fourth-order valence-corrected chi connectivity index (χ4v) is 2.49. The predicted molar refractivity (Wildman–Crippen MR) is 74.4 cm³/mol. The molecule has 0 radical (unpaired) electrons. The highest BCUT2D eigenvalue weighted by Gasteiger charge is 2.21. The van der Waals surface area contributed by atoms with Gasteiger partial charge in [0, 0.05) is 36.0 Å². The predicted octanol–water partition coefficient (Wildman–Crippen LogP) is 1.60. The molecular formula is C15H16N2O3. The van der Waals surface area contributed by atoms with E-state index in [0.717, 1.165) is 25.0 Å². The molecule has 0 bridgehead atoms. The maximum atomic E-state index is 11.9. The van der Waals surface area contributed by atoms with Crippen LogP contribution in [0.2, 0.25) is 0 Å². The summed E-state index contributed by atoms with van der Waals surface area (Å²) < 4.78 is 5.42. The summed E-state index contributed by atoms with van der Waals surface area (Å²) in [4.78, 5) is 23.4. The number of benzene rings is 1. The number of anilines is 1. The normalized spacial score (nSPS) is 21.0. The molecular weight excluding hydrogens is 256 g/mol. The second-order valence-electron chi connectivity index (χ2n) is 4.91. The minimum Gasteiger partial charge on any atom is -0.374 e. The van der Waals surface area contributed by atoms with Gasteiger partial charge in [-0.1, -0.05) is 12.1 Å². The molecule has 2 heterocycles. The highest BCUT2D eigenvalue weighted by atomic mass is 16.5. The van der Waals surface area contributed by atoms with Crippen molar-refractivity contribution in [2.24, 2.45) is 0 Å². The summed E-state index contributed by atoms with van der Waals surface area (Å²) in [6.45, 7) is 1.22. The Morgan fingerprint density at radius 2 is 2.35 bits per heavy atom. The fourth-order valence-electron chi connectivity index (χ4n) is 2.49. The van der Waals surface area contributed by atoms with Crippen molar-refractivity contribution < 1.29 is 14.3 Å². The maximum Gasteiger partial charge on any atom is 0.251 e. The van der Waals surface area contributed by atoms with E-state index in [-0.39, 0.29) is 17.9 Å². The van der Waals surface area contributed by atoms with Crippen molar-refractivity contribution in [1.82, 2.24) is 5.32 Å². The zero-order valence-electron chi connectivity index (χ0n) is 11.0. The van der Waals surface area contributed by atoms with Gasteiger partial charge >= 0.3 is 0 Å². The number of amides is 2. The standard InChI is InChI=1S/C15H16N2O3/c18-14(7-6-10-3-2-8-20-10)17-13-5-1-4-11-12(13)9-16-15(11)19/h1,4-7,10H,2-3,8-9H2,(H,16,19)(H,17,18). The SMILES string of the molecule is O=C(C=CC1CCCO1)Nc1cccc2c1CNC2=O. The number of hydrogen-bond donors (Lipinski definition) is 2. The van der Waals surface area contributed by atoms with Crippen LogP contribution < -0.4 is 10.6 Å². The highest BCUT2D eigenvalue weighted by molar-refractivity contribution is 6.04. The number of carbonyl (C=O) groups is 2. The fraction of sp³-hybridized carbons (Fsp3) is 0.333. The third kappa shape index (κ3) is 2.58. The van der Waals surface area contributed by atoms with Gasteiger partial charge in [0.25, 0.3) is 5.91 Å². The number of carbonyl (C=O) groups excluding carboxylic acids is 2. The Morgan fingerprint density at radius 1 is 1.45 bits per heavy atom. The average Bonchev–Trinajstić information content (AvgIpc) is 3.08. The Labute approximate surface area is 117 Å². The number of nitrogens with one attached hydrogen (secondary N) is 2. The number of rotatable bonds is 3. The van der Waals surface area contributed by atoms with Crippen LogP contribution >= 0.6 is 0 Å². The van der Waals surface area contributed by atoms with Gasteiger partial charge in [0.1, 0.15) is 0 Å². The first-order chi connectivity index (χ1) is 9.74. The van der Waals surface area contributed by atoms with Gasteiger partial charge in [0.05, 0.1) is 6.10 Å². The Morgan fingerprint density at radius 3 is 3.15 bits per heavy atom. The van der Waals surface area contributed by atoms with Crippen LogP contribution in [0.15, 0.2) is 30.4 Å². The summed E-state index contributed by atoms with van der Waals surface area (Å²) in [5.41, 5.74) is 2.16. The van der Waals surface area contributed by atoms with Gasteiger partial charge < -0.3 is 15.4 Å². The van der Waals surface area contributed by atoms with Crippen LogP contribution in [0.3, 0.4) is 0 Å². The first kappa shape index (κ1) is 12.9. The lowest BCUT2D eigenvalue weighted by Crippen LogP contribution is -2.12. The molecule has 1 aromatic carbocycles. The molecule has 3 rings (SSSR count). The number of fused-ring (bicyclic) bond motifs is 1. The smallest absolute Gasteiger partial charge is 0.251 e. The van der Waals surface area contributed by atoms with Gasteiger partial charge in [-0.2, -0.15) is 0 Å². The molecule has 2 aliphatic rings. The largest absolute Gasteiger partial charge is 0.374 e. The zero-order chi connectivity index (χ0) is 13.9. The van der Waals surface area contributed by atoms with Gasteiger partial charge in [-0.25, -0.2) is 0 Å². The van der Waals surface area contributed by atoms with E-state index in [1.165, 1.54) is 6.08 Å². The first-order valence-electron chi connectivity index (χ1n) is 6.75. The van der Waals surface area contributed by atoms with E-state index in [0.29, 0.717) is 17.8 Å². The second kappa shape index (κ2) is 5.46. The van der Waals surface area contributed by atoms with Crippen LogP contribution in [-0.2, 0) is 16.1 Å². The first-order valence-corrected chi connectivity index (χ1v) is 6.75. The van der Waals surface area contributed by atoms with Crippen molar-refractivity contribution in [3.8, 4) is 0 Å². The van der Waals surface area contributed by atoms with E-state index in [1.54, 1.807) is 24.3 Å². The monoisotopic (exact) mass is 272 g/mol. The van der Waals surface area contributed by atoms with Gasteiger partial charge in [-0.15, -0.1) is 0 Å². The lowest BCUT2D eigenvalue weighted by molar-refractivity contribution is -0.112. The summed E-state index contributed by atoms with van der Waals surface area (Å²) in [7, 11) is 0. The van der Waals surface area contributed by atoms with Crippen molar-refractivity contribution in [2.45, 2.75) is 25.5 Å². The summed E-state index contributed by atoms with van der Waals surface area (Å²) >= 11 is 0. The molecule has 2 aliphatic heterocycles. The van der Waals surface area contributed by atoms with Crippen molar-refractivity contribution in [3.05, 3.63) is 41.5 Å². The van der Waals surface area contributed by atoms with Crippen molar-refractivity contribution >= 4 is 17.5 Å². The molecule has 1 saturated heterocycles. The molecule has 1 atom stereocenters. The lowest BCUT2D eigenvalue weighted by atomic mass is 10.1. The minimum atomic E-state index is -0.201. The summed E-state index contributed by atoms with van der Waals surface area (Å²) in [6, 6.07) is 5.33. The van der Waals surface area contributed by atoms with E-state index in [4.69, 9.17) is 4.74 Å². The molecule has 2 amide bonds. The molecule has 1 aromatic rings. The molecule has 5 nitrogen and oxygen atoms in total. The van der Waals surface area contributed by atoms with E-state index >= 15 is 0 Å². The van der Waals surface area contributed by atoms with Gasteiger partial charge in [0.2, 0.25) is 5.91 Å². The van der Waals surface area contributed by atoms with Crippen LogP contribution in [0.4, 0.5) is 5.69 Å². The number of hydrogen-bond acceptors (Lipinski definition) is 3. The third-order valence-electron chi connectivity index (χ3n) is 3.53. The molecule has 0 aromatic heterocycles. The summed E-state index contributed by atoms with van der Waals surface area (Å²) in [5.74, 6) is -0.292. The van der Waals surface area contributed by atoms with Gasteiger partial charge in [0.15, 0.2) is 0 Å². The van der Waals surface area contributed by atoms with E-state index < -0.39 is 0 Å². The second-order valence-corrected chi connectivity index (χ2v) is 4.91. The van der Waals surface area contributed by atoms with Crippen LogP contribution in [0, 0.1) is 0 Å². The van der Waals surface area contributed by atoms with Crippen LogP contribution in [0.1, 0.15) is 28.8 Å². The molecule has 0 spiro atoms. The Bertz CT molecular complexity index is 574. The Hall–Kier alpha value is -2.14. The topological polar surface area (TPSA) is 67.4 Å². The molecule has 5 heteroatoms. The molecule has 1 unspecified atom stereocenters. The Balaban J connectivity index is 1.69. The maximum absolute atomic E-state index is 11.9. The summed E-state index contributed by atoms with van der Waals surface area (Å²) in [6.07, 6.45) is 5.33. The quantitative estimate of drug-likeness (QED) is 0.821.